The van der Waals surface area contributed by atoms with Crippen molar-refractivity contribution in [2.45, 2.75) is 26.0 Å². The first-order valence-electron chi connectivity index (χ1n) is 6.87. The van der Waals surface area contributed by atoms with E-state index in [0.717, 1.165) is 27.1 Å². The molecule has 0 radical (unpaired) electrons. The van der Waals surface area contributed by atoms with Gasteiger partial charge in [-0.05, 0) is 43.7 Å². The lowest BCUT2D eigenvalue weighted by atomic mass is 9.98. The monoisotopic (exact) mass is 349 g/mol. The molecule has 0 bridgehead atoms. The van der Waals surface area contributed by atoms with Gasteiger partial charge in [-0.25, -0.2) is 0 Å². The van der Waals surface area contributed by atoms with Crippen molar-refractivity contribution in [3.05, 3.63) is 58.1 Å². The topological polar surface area (TPSA) is 44.5 Å². The molecule has 112 valence electrons. The molecule has 0 amide bonds. The molecular weight excluding hydrogens is 330 g/mol. The van der Waals surface area contributed by atoms with Crippen LogP contribution in [-0.2, 0) is 0 Å². The minimum absolute atomic E-state index is 0.104. The molecule has 2 aromatic rings. The molecule has 1 unspecified atom stereocenters. The predicted octanol–water partition coefficient (Wildman–Crippen LogP) is 4.29. The fraction of sp³-hybridized carbons (Fsp3) is 0.294. The van der Waals surface area contributed by atoms with Crippen LogP contribution in [0.15, 0.2) is 46.9 Å². The van der Waals surface area contributed by atoms with E-state index in [1.165, 1.54) is 0 Å². The van der Waals surface area contributed by atoms with Gasteiger partial charge in [-0.2, -0.15) is 0 Å². The highest BCUT2D eigenvalue weighted by Crippen LogP contribution is 2.34. The van der Waals surface area contributed by atoms with Gasteiger partial charge in [-0.15, -0.1) is 0 Å². The largest absolute Gasteiger partial charge is 0.497 e. The van der Waals surface area contributed by atoms with Crippen molar-refractivity contribution in [2.75, 3.05) is 7.11 Å². The van der Waals surface area contributed by atoms with Gasteiger partial charge in [0, 0.05) is 10.0 Å². The number of hydrogen-bond donors (Lipinski definition) is 1. The second kappa shape index (κ2) is 6.96. The molecule has 0 aliphatic rings. The van der Waals surface area contributed by atoms with Crippen molar-refractivity contribution in [3.8, 4) is 11.5 Å². The van der Waals surface area contributed by atoms with Gasteiger partial charge in [0.15, 0.2) is 0 Å². The second-order valence-corrected chi connectivity index (χ2v) is 5.92. The Morgan fingerprint density at radius 1 is 1.05 bits per heavy atom. The summed E-state index contributed by atoms with van der Waals surface area (Å²) >= 11 is 3.56. The molecule has 0 aliphatic heterocycles. The number of nitrogens with two attached hydrogens (primary N) is 1. The molecule has 2 N–H and O–H groups in total. The fourth-order valence-electron chi connectivity index (χ4n) is 2.15. The summed E-state index contributed by atoms with van der Waals surface area (Å²) in [6, 6.07) is 13.4. The van der Waals surface area contributed by atoms with Crippen LogP contribution in [0.2, 0.25) is 0 Å². The molecule has 3 nitrogen and oxygen atoms in total. The Labute approximate surface area is 134 Å². The third kappa shape index (κ3) is 3.77. The van der Waals surface area contributed by atoms with E-state index in [0.29, 0.717) is 0 Å². The summed E-state index contributed by atoms with van der Waals surface area (Å²) in [7, 11) is 1.65. The van der Waals surface area contributed by atoms with Crippen molar-refractivity contribution < 1.29 is 9.47 Å². The number of halogens is 1. The molecule has 2 aromatic carbocycles. The quantitative estimate of drug-likeness (QED) is 0.875. The maximum atomic E-state index is 6.45. The first kappa shape index (κ1) is 15.9. The van der Waals surface area contributed by atoms with E-state index in [1.807, 2.05) is 56.3 Å². The zero-order valence-electron chi connectivity index (χ0n) is 12.5. The highest BCUT2D eigenvalue weighted by molar-refractivity contribution is 9.10. The molecule has 0 heterocycles. The maximum Gasteiger partial charge on any atom is 0.124 e. The van der Waals surface area contributed by atoms with Crippen LogP contribution in [0.5, 0.6) is 11.5 Å². The standard InChI is InChI=1S/C17H20BrNO2/c1-11(2)21-16-7-5-4-6-13(16)17(19)14-10-12(20-3)8-9-15(14)18/h4-11,17H,19H2,1-3H3. The van der Waals surface area contributed by atoms with Gasteiger partial charge in [0.1, 0.15) is 11.5 Å². The number of hydrogen-bond acceptors (Lipinski definition) is 3. The van der Waals surface area contributed by atoms with E-state index in [9.17, 15) is 0 Å². The molecule has 2 rings (SSSR count). The molecule has 0 saturated heterocycles. The van der Waals surface area contributed by atoms with Gasteiger partial charge < -0.3 is 15.2 Å². The molecule has 0 aliphatic carbocycles. The maximum absolute atomic E-state index is 6.45. The Morgan fingerprint density at radius 2 is 1.76 bits per heavy atom. The number of rotatable bonds is 5. The van der Waals surface area contributed by atoms with Crippen LogP contribution < -0.4 is 15.2 Å². The average molecular weight is 350 g/mol. The Hall–Kier alpha value is -1.52. The zero-order chi connectivity index (χ0) is 15.4. The summed E-state index contributed by atoms with van der Waals surface area (Å²) in [5, 5.41) is 0. The normalized spacial score (nSPS) is 12.3. The summed E-state index contributed by atoms with van der Waals surface area (Å²) in [6.07, 6.45) is 0.104. The van der Waals surface area contributed by atoms with E-state index >= 15 is 0 Å². The first-order chi connectivity index (χ1) is 10.0. The summed E-state index contributed by atoms with van der Waals surface area (Å²) in [4.78, 5) is 0. The summed E-state index contributed by atoms with van der Waals surface area (Å²) in [5.41, 5.74) is 8.38. The van der Waals surface area contributed by atoms with Gasteiger partial charge >= 0.3 is 0 Å². The Kier molecular flexibility index (Phi) is 5.26. The smallest absolute Gasteiger partial charge is 0.124 e. The summed E-state index contributed by atoms with van der Waals surface area (Å²) < 4.78 is 12.1. The van der Waals surface area contributed by atoms with Crippen molar-refractivity contribution in [2.24, 2.45) is 5.73 Å². The predicted molar refractivity (Wildman–Crippen MR) is 88.9 cm³/mol. The molecule has 1 atom stereocenters. The van der Waals surface area contributed by atoms with Crippen molar-refractivity contribution in [3.63, 3.8) is 0 Å². The summed E-state index contributed by atoms with van der Waals surface area (Å²) in [6.45, 7) is 4.01. The van der Waals surface area contributed by atoms with Crippen molar-refractivity contribution in [1.82, 2.24) is 0 Å². The minimum atomic E-state index is -0.288. The molecule has 4 heteroatoms. The van der Waals surface area contributed by atoms with Gasteiger partial charge in [0.2, 0.25) is 0 Å². The number of benzene rings is 2. The molecule has 0 fully saturated rings. The number of methoxy groups -OCH3 is 1. The van der Waals surface area contributed by atoms with Gasteiger partial charge in [0.25, 0.3) is 0 Å². The molecule has 0 saturated carbocycles. The lowest BCUT2D eigenvalue weighted by Gasteiger charge is -2.20. The van der Waals surface area contributed by atoms with Crippen LogP contribution in [0.25, 0.3) is 0 Å². The first-order valence-corrected chi connectivity index (χ1v) is 7.66. The van der Waals surface area contributed by atoms with Crippen LogP contribution in [0.4, 0.5) is 0 Å². The molecular formula is C17H20BrNO2. The van der Waals surface area contributed by atoms with Gasteiger partial charge in [-0.3, -0.25) is 0 Å². The van der Waals surface area contributed by atoms with Crippen molar-refractivity contribution in [1.29, 1.82) is 0 Å². The Balaban J connectivity index is 2.42. The van der Waals surface area contributed by atoms with Crippen molar-refractivity contribution >= 4 is 15.9 Å². The zero-order valence-corrected chi connectivity index (χ0v) is 14.1. The molecule has 0 aromatic heterocycles. The lowest BCUT2D eigenvalue weighted by molar-refractivity contribution is 0.239. The molecule has 21 heavy (non-hydrogen) atoms. The second-order valence-electron chi connectivity index (χ2n) is 5.07. The minimum Gasteiger partial charge on any atom is -0.497 e. The summed E-state index contributed by atoms with van der Waals surface area (Å²) in [5.74, 6) is 1.60. The SMILES string of the molecule is COc1ccc(Br)c(C(N)c2ccccc2OC(C)C)c1. The van der Waals surface area contributed by atoms with Crippen LogP contribution in [0.1, 0.15) is 31.0 Å². The average Bonchev–Trinajstić information content (AvgIpc) is 2.47. The molecule has 0 spiro atoms. The highest BCUT2D eigenvalue weighted by Gasteiger charge is 2.17. The van der Waals surface area contributed by atoms with E-state index in [4.69, 9.17) is 15.2 Å². The number of para-hydroxylation sites is 1. The van der Waals surface area contributed by atoms with Crippen LogP contribution in [0.3, 0.4) is 0 Å². The van der Waals surface area contributed by atoms with E-state index in [2.05, 4.69) is 15.9 Å². The third-order valence-corrected chi connectivity index (χ3v) is 3.88. The van der Waals surface area contributed by atoms with Crippen LogP contribution in [-0.4, -0.2) is 13.2 Å². The van der Waals surface area contributed by atoms with E-state index < -0.39 is 0 Å². The van der Waals surface area contributed by atoms with Gasteiger partial charge in [0.05, 0.1) is 19.3 Å². The fourth-order valence-corrected chi connectivity index (χ4v) is 2.65. The Bertz CT molecular complexity index is 613. The van der Waals surface area contributed by atoms with Crippen LogP contribution >= 0.6 is 15.9 Å². The van der Waals surface area contributed by atoms with E-state index in [-0.39, 0.29) is 12.1 Å². The third-order valence-electron chi connectivity index (χ3n) is 3.15. The lowest BCUT2D eigenvalue weighted by Crippen LogP contribution is -2.16. The van der Waals surface area contributed by atoms with E-state index in [1.54, 1.807) is 7.11 Å². The highest BCUT2D eigenvalue weighted by atomic mass is 79.9. The number of ether oxygens (including phenoxy) is 2. The Morgan fingerprint density at radius 3 is 2.43 bits per heavy atom. The van der Waals surface area contributed by atoms with Crippen LogP contribution in [0, 0.1) is 0 Å². The van der Waals surface area contributed by atoms with Gasteiger partial charge in [-0.1, -0.05) is 34.1 Å².